The standard InChI is InChI=1S/C38H37N3O5S/c1-29-18-24-35(25-19-29)47(44,45)41(32-20-22-34(23-21-32)46-33-16-10-5-11-17-33)28-37(42)40(27-31-14-8-4-9-15-31)36(38(43)39-2)26-30-12-6-3-7-13-30/h3-25,36H,26-28H2,1-2H3,(H,39,43)/t36-/m0/s1. The number of anilines is 1. The average molecular weight is 648 g/mol. The van der Waals surface area contributed by atoms with Crippen LogP contribution in [0.1, 0.15) is 16.7 Å². The smallest absolute Gasteiger partial charge is 0.264 e. The molecule has 0 aliphatic carbocycles. The van der Waals surface area contributed by atoms with Gasteiger partial charge in [-0.05, 0) is 66.6 Å². The van der Waals surface area contributed by atoms with Gasteiger partial charge in [0, 0.05) is 20.0 Å². The van der Waals surface area contributed by atoms with Gasteiger partial charge in [-0.1, -0.05) is 96.6 Å². The first kappa shape index (κ1) is 33.0. The van der Waals surface area contributed by atoms with Crippen LogP contribution in [0.3, 0.4) is 0 Å². The third-order valence-electron chi connectivity index (χ3n) is 7.70. The predicted molar refractivity (Wildman–Crippen MR) is 184 cm³/mol. The van der Waals surface area contributed by atoms with Crippen molar-refractivity contribution in [1.82, 2.24) is 10.2 Å². The maximum Gasteiger partial charge on any atom is 0.264 e. The molecule has 0 radical (unpaired) electrons. The highest BCUT2D eigenvalue weighted by atomic mass is 32.2. The third kappa shape index (κ3) is 8.45. The molecule has 0 spiro atoms. The number of likely N-dealkylation sites (N-methyl/N-ethyl adjacent to an activating group) is 1. The van der Waals surface area contributed by atoms with Crippen molar-refractivity contribution in [3.63, 3.8) is 0 Å². The average Bonchev–Trinajstić information content (AvgIpc) is 3.10. The lowest BCUT2D eigenvalue weighted by molar-refractivity contribution is -0.139. The minimum Gasteiger partial charge on any atom is -0.457 e. The highest BCUT2D eigenvalue weighted by Crippen LogP contribution is 2.29. The first-order valence-corrected chi connectivity index (χ1v) is 16.7. The molecule has 8 nitrogen and oxygen atoms in total. The summed E-state index contributed by atoms with van der Waals surface area (Å²) in [6, 6.07) is 40.1. The van der Waals surface area contributed by atoms with E-state index in [1.54, 1.807) is 36.4 Å². The number of para-hydroxylation sites is 1. The monoisotopic (exact) mass is 647 g/mol. The molecule has 240 valence electrons. The zero-order chi connectivity index (χ0) is 33.2. The van der Waals surface area contributed by atoms with Gasteiger partial charge in [-0.15, -0.1) is 0 Å². The van der Waals surface area contributed by atoms with Crippen LogP contribution in [-0.2, 0) is 32.6 Å². The van der Waals surface area contributed by atoms with Gasteiger partial charge in [0.15, 0.2) is 0 Å². The van der Waals surface area contributed by atoms with Gasteiger partial charge in [0.2, 0.25) is 11.8 Å². The Hall–Kier alpha value is -5.41. The largest absolute Gasteiger partial charge is 0.457 e. The fourth-order valence-corrected chi connectivity index (χ4v) is 6.59. The molecule has 5 aromatic carbocycles. The number of benzene rings is 5. The van der Waals surface area contributed by atoms with Crippen LogP contribution in [0.4, 0.5) is 5.69 Å². The number of hydrogen-bond acceptors (Lipinski definition) is 5. The molecule has 0 heterocycles. The number of nitrogens with zero attached hydrogens (tertiary/aromatic N) is 2. The summed E-state index contributed by atoms with van der Waals surface area (Å²) in [4.78, 5) is 29.3. The molecule has 0 aliphatic rings. The minimum absolute atomic E-state index is 0.0438. The quantitative estimate of drug-likeness (QED) is 0.160. The zero-order valence-corrected chi connectivity index (χ0v) is 27.1. The summed E-state index contributed by atoms with van der Waals surface area (Å²) in [5, 5.41) is 2.70. The number of amides is 2. The Labute approximate surface area is 276 Å². The third-order valence-corrected chi connectivity index (χ3v) is 9.49. The second kappa shape index (κ2) is 15.2. The van der Waals surface area contributed by atoms with E-state index >= 15 is 0 Å². The molecule has 1 N–H and O–H groups in total. The van der Waals surface area contributed by atoms with Crippen molar-refractivity contribution < 1.29 is 22.7 Å². The van der Waals surface area contributed by atoms with Crippen LogP contribution in [0.15, 0.2) is 144 Å². The highest BCUT2D eigenvalue weighted by molar-refractivity contribution is 7.92. The molecule has 47 heavy (non-hydrogen) atoms. The normalized spacial score (nSPS) is 11.7. The number of carbonyl (C=O) groups is 2. The van der Waals surface area contributed by atoms with Crippen molar-refractivity contribution in [3.05, 3.63) is 156 Å². The lowest BCUT2D eigenvalue weighted by atomic mass is 10.0. The molecule has 0 saturated carbocycles. The van der Waals surface area contributed by atoms with Crippen LogP contribution in [-0.4, -0.2) is 44.8 Å². The highest BCUT2D eigenvalue weighted by Gasteiger charge is 2.34. The number of sulfonamides is 1. The van der Waals surface area contributed by atoms with E-state index in [2.05, 4.69) is 5.32 Å². The molecule has 2 amide bonds. The second-order valence-electron chi connectivity index (χ2n) is 11.1. The van der Waals surface area contributed by atoms with E-state index in [1.807, 2.05) is 97.9 Å². The fourth-order valence-electron chi connectivity index (χ4n) is 5.17. The van der Waals surface area contributed by atoms with Crippen LogP contribution in [0.5, 0.6) is 11.5 Å². The lowest BCUT2D eigenvalue weighted by Gasteiger charge is -2.33. The molecular formula is C38H37N3O5S. The second-order valence-corrected chi connectivity index (χ2v) is 12.9. The molecule has 1 atom stereocenters. The van der Waals surface area contributed by atoms with E-state index in [4.69, 9.17) is 4.74 Å². The van der Waals surface area contributed by atoms with E-state index < -0.39 is 28.5 Å². The van der Waals surface area contributed by atoms with Crippen LogP contribution in [0, 0.1) is 6.92 Å². The summed E-state index contributed by atoms with van der Waals surface area (Å²) >= 11 is 0. The molecule has 0 fully saturated rings. The van der Waals surface area contributed by atoms with Crippen LogP contribution >= 0.6 is 0 Å². The van der Waals surface area contributed by atoms with E-state index in [-0.39, 0.29) is 29.5 Å². The first-order chi connectivity index (χ1) is 22.7. The molecular weight excluding hydrogens is 611 g/mol. The zero-order valence-electron chi connectivity index (χ0n) is 26.3. The van der Waals surface area contributed by atoms with Crippen LogP contribution in [0.2, 0.25) is 0 Å². The van der Waals surface area contributed by atoms with Gasteiger partial charge in [-0.2, -0.15) is 0 Å². The maximum atomic E-state index is 14.4. The van der Waals surface area contributed by atoms with Gasteiger partial charge >= 0.3 is 0 Å². The Balaban J connectivity index is 1.53. The topological polar surface area (TPSA) is 96.0 Å². The molecule has 9 heteroatoms. The summed E-state index contributed by atoms with van der Waals surface area (Å²) in [6.07, 6.45) is 0.245. The van der Waals surface area contributed by atoms with E-state index in [1.165, 1.54) is 24.1 Å². The van der Waals surface area contributed by atoms with Crippen molar-refractivity contribution in [3.8, 4) is 11.5 Å². The predicted octanol–water partition coefficient (Wildman–Crippen LogP) is 6.37. The molecule has 0 unspecified atom stereocenters. The van der Waals surface area contributed by atoms with E-state index in [0.717, 1.165) is 21.0 Å². The Morgan fingerprint density at radius 1 is 0.702 bits per heavy atom. The van der Waals surface area contributed by atoms with Gasteiger partial charge < -0.3 is 15.0 Å². The molecule has 0 aromatic heterocycles. The first-order valence-electron chi connectivity index (χ1n) is 15.3. The number of ether oxygens (including phenoxy) is 1. The van der Waals surface area contributed by atoms with Gasteiger partial charge in [0.1, 0.15) is 24.1 Å². The van der Waals surface area contributed by atoms with Crippen LogP contribution < -0.4 is 14.4 Å². The molecule has 0 saturated heterocycles. The number of rotatable bonds is 13. The van der Waals surface area contributed by atoms with Crippen molar-refractivity contribution in [1.29, 1.82) is 0 Å². The Bertz CT molecular complexity index is 1870. The number of hydrogen-bond donors (Lipinski definition) is 1. The maximum absolute atomic E-state index is 14.4. The SMILES string of the molecule is CNC(=O)[C@H](Cc1ccccc1)N(Cc1ccccc1)C(=O)CN(c1ccc(Oc2ccccc2)cc1)S(=O)(=O)c1ccc(C)cc1. The summed E-state index contributed by atoms with van der Waals surface area (Å²) in [7, 11) is -2.68. The number of nitrogens with one attached hydrogen (secondary N) is 1. The summed E-state index contributed by atoms with van der Waals surface area (Å²) < 4.78 is 35.5. The summed E-state index contributed by atoms with van der Waals surface area (Å²) in [5.41, 5.74) is 2.85. The fraction of sp³-hybridized carbons (Fsp3) is 0.158. The molecule has 0 bridgehead atoms. The molecule has 5 aromatic rings. The van der Waals surface area contributed by atoms with Crippen molar-refractivity contribution >= 4 is 27.5 Å². The number of aryl methyl sites for hydroxylation is 1. The molecule has 0 aliphatic heterocycles. The summed E-state index contributed by atoms with van der Waals surface area (Å²) in [5.74, 6) is 0.258. The van der Waals surface area contributed by atoms with E-state index in [9.17, 15) is 18.0 Å². The lowest BCUT2D eigenvalue weighted by Crippen LogP contribution is -2.53. The molecule has 5 rings (SSSR count). The van der Waals surface area contributed by atoms with E-state index in [0.29, 0.717) is 11.5 Å². The van der Waals surface area contributed by atoms with Crippen molar-refractivity contribution in [2.75, 3.05) is 17.9 Å². The van der Waals surface area contributed by atoms with Gasteiger partial charge in [-0.25, -0.2) is 8.42 Å². The van der Waals surface area contributed by atoms with Gasteiger partial charge in [0.25, 0.3) is 10.0 Å². The Kier molecular flexibility index (Phi) is 10.7. The number of carbonyl (C=O) groups excluding carboxylic acids is 2. The van der Waals surface area contributed by atoms with Gasteiger partial charge in [0.05, 0.1) is 10.6 Å². The Morgan fingerprint density at radius 2 is 1.23 bits per heavy atom. The Morgan fingerprint density at radius 3 is 1.81 bits per heavy atom. The van der Waals surface area contributed by atoms with Gasteiger partial charge in [-0.3, -0.25) is 13.9 Å². The van der Waals surface area contributed by atoms with Crippen LogP contribution in [0.25, 0.3) is 0 Å². The van der Waals surface area contributed by atoms with Crippen molar-refractivity contribution in [2.24, 2.45) is 0 Å². The summed E-state index contributed by atoms with van der Waals surface area (Å²) in [6.45, 7) is 1.44. The van der Waals surface area contributed by atoms with Crippen molar-refractivity contribution in [2.45, 2.75) is 30.8 Å². The minimum atomic E-state index is -4.21.